The third kappa shape index (κ3) is 6.00. The highest BCUT2D eigenvalue weighted by Crippen LogP contribution is 2.26. The summed E-state index contributed by atoms with van der Waals surface area (Å²) in [7, 11) is -3.79. The zero-order valence-corrected chi connectivity index (χ0v) is 20.4. The lowest BCUT2D eigenvalue weighted by molar-refractivity contribution is 0.102. The number of hydrogen-bond donors (Lipinski definition) is 1. The van der Waals surface area contributed by atoms with E-state index in [1.807, 2.05) is 6.07 Å². The van der Waals surface area contributed by atoms with Gasteiger partial charge in [0.15, 0.2) is 0 Å². The van der Waals surface area contributed by atoms with E-state index in [-0.39, 0.29) is 17.3 Å². The smallest absolute Gasteiger partial charge is 0.264 e. The van der Waals surface area contributed by atoms with Crippen LogP contribution in [0.25, 0.3) is 0 Å². The summed E-state index contributed by atoms with van der Waals surface area (Å²) in [5.74, 6) is 0.420. The molecule has 1 amide bonds. The number of nitrogens with one attached hydrogen (secondary N) is 1. The van der Waals surface area contributed by atoms with Gasteiger partial charge in [-0.25, -0.2) is 8.42 Å². The first kappa shape index (κ1) is 24.8. The van der Waals surface area contributed by atoms with Crippen molar-refractivity contribution in [3.8, 4) is 5.75 Å². The first-order valence-electron chi connectivity index (χ1n) is 11.3. The number of hydrogen-bond acceptors (Lipinski definition) is 4. The molecule has 4 aromatic rings. The molecule has 0 fully saturated rings. The molecule has 0 unspecified atom stereocenters. The Morgan fingerprint density at radius 2 is 1.44 bits per heavy atom. The maximum Gasteiger partial charge on any atom is 0.264 e. The number of amides is 1. The van der Waals surface area contributed by atoms with Crippen molar-refractivity contribution in [1.82, 2.24) is 0 Å². The van der Waals surface area contributed by atoms with Crippen LogP contribution >= 0.6 is 0 Å². The summed E-state index contributed by atoms with van der Waals surface area (Å²) in [5, 5.41) is 2.85. The van der Waals surface area contributed by atoms with Crippen molar-refractivity contribution in [1.29, 1.82) is 0 Å². The fraction of sp³-hybridized carbons (Fsp3) is 0.0690. The number of carbonyl (C=O) groups excluding carboxylic acids is 1. The summed E-state index contributed by atoms with van der Waals surface area (Å²) in [4.78, 5) is 12.9. The minimum Gasteiger partial charge on any atom is -0.490 e. The number of benzene rings is 4. The van der Waals surface area contributed by atoms with Gasteiger partial charge < -0.3 is 10.1 Å². The summed E-state index contributed by atoms with van der Waals surface area (Å²) >= 11 is 0. The summed E-state index contributed by atoms with van der Waals surface area (Å²) < 4.78 is 33.7. The number of para-hydroxylation sites is 1. The van der Waals surface area contributed by atoms with E-state index < -0.39 is 10.0 Å². The zero-order chi connectivity index (χ0) is 25.4. The van der Waals surface area contributed by atoms with Crippen LogP contribution in [0.2, 0.25) is 0 Å². The molecule has 0 aromatic heterocycles. The second-order valence-corrected chi connectivity index (χ2v) is 9.80. The Kier molecular flexibility index (Phi) is 7.82. The number of carbonyl (C=O) groups is 1. The van der Waals surface area contributed by atoms with Crippen molar-refractivity contribution in [2.24, 2.45) is 0 Å². The second kappa shape index (κ2) is 11.4. The molecule has 6 nitrogen and oxygen atoms in total. The van der Waals surface area contributed by atoms with Crippen molar-refractivity contribution in [2.75, 3.05) is 16.2 Å². The SMILES string of the molecule is C=CCOc1ccc(NC(=O)c2ccc(CN(c3ccccc3)S(=O)(=O)c3ccccc3)cc2)cc1. The van der Waals surface area contributed by atoms with Gasteiger partial charge in [-0.3, -0.25) is 9.10 Å². The molecule has 7 heteroatoms. The van der Waals surface area contributed by atoms with Gasteiger partial charge in [-0.2, -0.15) is 0 Å². The number of anilines is 2. The molecular formula is C29H26N2O4S. The summed E-state index contributed by atoms with van der Waals surface area (Å²) in [5.41, 5.74) is 2.41. The van der Waals surface area contributed by atoms with Crippen molar-refractivity contribution in [3.05, 3.63) is 133 Å². The molecule has 0 saturated carbocycles. The molecule has 0 atom stereocenters. The second-order valence-electron chi connectivity index (χ2n) is 7.94. The molecule has 182 valence electrons. The first-order valence-corrected chi connectivity index (χ1v) is 12.8. The summed E-state index contributed by atoms with van der Waals surface area (Å²) in [6.07, 6.45) is 1.66. The van der Waals surface area contributed by atoms with E-state index >= 15 is 0 Å². The molecule has 36 heavy (non-hydrogen) atoms. The number of nitrogens with zero attached hydrogens (tertiary/aromatic N) is 1. The van der Waals surface area contributed by atoms with E-state index in [1.54, 1.807) is 109 Å². The number of rotatable bonds is 10. The van der Waals surface area contributed by atoms with Crippen LogP contribution in [0.3, 0.4) is 0 Å². The lowest BCUT2D eigenvalue weighted by atomic mass is 10.1. The van der Waals surface area contributed by atoms with Gasteiger partial charge >= 0.3 is 0 Å². The Morgan fingerprint density at radius 3 is 2.06 bits per heavy atom. The molecule has 0 aliphatic carbocycles. The quantitative estimate of drug-likeness (QED) is 0.276. The summed E-state index contributed by atoms with van der Waals surface area (Å²) in [6.45, 7) is 4.14. The Morgan fingerprint density at radius 1 is 0.833 bits per heavy atom. The van der Waals surface area contributed by atoms with E-state index in [1.165, 1.54) is 4.31 Å². The maximum atomic E-state index is 13.4. The van der Waals surface area contributed by atoms with Gasteiger partial charge in [0.1, 0.15) is 12.4 Å². The molecule has 4 rings (SSSR count). The van der Waals surface area contributed by atoms with Gasteiger partial charge in [-0.1, -0.05) is 61.2 Å². The van der Waals surface area contributed by atoms with Crippen LogP contribution in [0.15, 0.2) is 127 Å². The average molecular weight is 499 g/mol. The lowest BCUT2D eigenvalue weighted by Crippen LogP contribution is -2.30. The molecule has 0 saturated heterocycles. The number of sulfonamides is 1. The third-order valence-corrected chi connectivity index (χ3v) is 7.19. The van der Waals surface area contributed by atoms with Crippen molar-refractivity contribution in [2.45, 2.75) is 11.4 Å². The van der Waals surface area contributed by atoms with E-state index in [2.05, 4.69) is 11.9 Å². The molecule has 0 heterocycles. The van der Waals surface area contributed by atoms with Crippen LogP contribution in [-0.2, 0) is 16.6 Å². The van der Waals surface area contributed by atoms with Crippen molar-refractivity contribution < 1.29 is 17.9 Å². The van der Waals surface area contributed by atoms with Gasteiger partial charge in [0, 0.05) is 11.3 Å². The van der Waals surface area contributed by atoms with E-state index in [0.29, 0.717) is 29.3 Å². The topological polar surface area (TPSA) is 75.7 Å². The predicted molar refractivity (Wildman–Crippen MR) is 143 cm³/mol. The normalized spacial score (nSPS) is 10.9. The van der Waals surface area contributed by atoms with E-state index in [9.17, 15) is 13.2 Å². The standard InChI is InChI=1S/C29H26N2O4S/c1-2-21-35-27-19-17-25(18-20-27)30-29(32)24-15-13-23(14-16-24)22-31(26-9-5-3-6-10-26)36(33,34)28-11-7-4-8-12-28/h2-20H,1,21-22H2,(H,30,32). The molecule has 0 spiro atoms. The predicted octanol–water partition coefficient (Wildman–Crippen LogP) is 5.90. The molecule has 0 bridgehead atoms. The minimum atomic E-state index is -3.79. The monoisotopic (exact) mass is 498 g/mol. The third-order valence-electron chi connectivity index (χ3n) is 5.40. The van der Waals surface area contributed by atoms with Crippen LogP contribution in [0.4, 0.5) is 11.4 Å². The molecule has 1 N–H and O–H groups in total. The lowest BCUT2D eigenvalue weighted by Gasteiger charge is -2.25. The highest BCUT2D eigenvalue weighted by Gasteiger charge is 2.25. The van der Waals surface area contributed by atoms with E-state index in [0.717, 1.165) is 5.56 Å². The van der Waals surface area contributed by atoms with Gasteiger partial charge in [0.05, 0.1) is 17.1 Å². The fourth-order valence-corrected chi connectivity index (χ4v) is 5.02. The van der Waals surface area contributed by atoms with Crippen molar-refractivity contribution in [3.63, 3.8) is 0 Å². The fourth-order valence-electron chi connectivity index (χ4n) is 3.55. The molecule has 0 radical (unpaired) electrons. The van der Waals surface area contributed by atoms with E-state index in [4.69, 9.17) is 4.74 Å². The van der Waals surface area contributed by atoms with Crippen LogP contribution < -0.4 is 14.4 Å². The Balaban J connectivity index is 1.50. The highest BCUT2D eigenvalue weighted by atomic mass is 32.2. The van der Waals surface area contributed by atoms with Crippen LogP contribution in [0, 0.1) is 0 Å². The number of ether oxygens (including phenoxy) is 1. The van der Waals surface area contributed by atoms with Gasteiger partial charge in [0.2, 0.25) is 0 Å². The zero-order valence-electron chi connectivity index (χ0n) is 19.6. The average Bonchev–Trinajstić information content (AvgIpc) is 2.92. The Hall–Kier alpha value is -4.36. The maximum absolute atomic E-state index is 13.4. The van der Waals surface area contributed by atoms with Gasteiger partial charge in [0.25, 0.3) is 15.9 Å². The summed E-state index contributed by atoms with van der Waals surface area (Å²) in [6, 6.07) is 31.3. The molecule has 4 aromatic carbocycles. The molecule has 0 aliphatic heterocycles. The van der Waals surface area contributed by atoms with Crippen LogP contribution in [-0.4, -0.2) is 20.9 Å². The van der Waals surface area contributed by atoms with Crippen LogP contribution in [0.1, 0.15) is 15.9 Å². The minimum absolute atomic E-state index is 0.120. The first-order chi connectivity index (χ1) is 17.5. The van der Waals surface area contributed by atoms with Gasteiger partial charge in [-0.05, 0) is 66.2 Å². The van der Waals surface area contributed by atoms with Crippen LogP contribution in [0.5, 0.6) is 5.75 Å². The highest BCUT2D eigenvalue weighted by molar-refractivity contribution is 7.92. The van der Waals surface area contributed by atoms with Gasteiger partial charge in [-0.15, -0.1) is 0 Å². The largest absolute Gasteiger partial charge is 0.490 e. The molecule has 0 aliphatic rings. The Bertz CT molecular complexity index is 1400. The molecular weight excluding hydrogens is 472 g/mol. The van der Waals surface area contributed by atoms with Crippen molar-refractivity contribution >= 4 is 27.3 Å². The Labute approximate surface area is 211 Å².